The fourth-order valence-corrected chi connectivity index (χ4v) is 0.948. The highest BCUT2D eigenvalue weighted by atomic mass is 35.5. The van der Waals surface area contributed by atoms with Crippen LogP contribution in [0.4, 0.5) is 0 Å². The molecule has 0 radical (unpaired) electrons. The maximum Gasteiger partial charge on any atom is 0.269 e. The highest BCUT2D eigenvalue weighted by Gasteiger charge is 2.12. The number of primary amides is 1. The molecular formula is C7H12ClN3O. The van der Waals surface area contributed by atoms with Crippen molar-refractivity contribution in [1.29, 1.82) is 0 Å². The minimum Gasteiger partial charge on any atom is -0.364 e. The Balaban J connectivity index is 0.00000121. The lowest BCUT2D eigenvalue weighted by Crippen LogP contribution is -2.13. The maximum absolute atomic E-state index is 10.7. The van der Waals surface area contributed by atoms with Crippen molar-refractivity contribution in [3.8, 4) is 0 Å². The Bertz CT molecular complexity index is 306. The van der Waals surface area contributed by atoms with Crippen molar-refractivity contribution < 1.29 is 4.79 Å². The van der Waals surface area contributed by atoms with Gasteiger partial charge < -0.3 is 5.73 Å². The molecule has 0 saturated carbocycles. The summed E-state index contributed by atoms with van der Waals surface area (Å²) in [5.41, 5.74) is 7.28. The lowest BCUT2D eigenvalue weighted by atomic mass is 10.2. The zero-order valence-corrected chi connectivity index (χ0v) is 8.10. The number of carbonyl (C=O) groups is 1. The molecule has 0 fully saturated rings. The SMILES string of the molecule is Cc1c(C(N)=O)nn(C)c1C.Cl. The molecule has 0 aliphatic rings. The number of carbonyl (C=O) groups excluding carboxylic acids is 1. The predicted octanol–water partition coefficient (Wildman–Crippen LogP) is 0.558. The van der Waals surface area contributed by atoms with Crippen LogP contribution < -0.4 is 5.73 Å². The van der Waals surface area contributed by atoms with Gasteiger partial charge in [-0.3, -0.25) is 9.48 Å². The Morgan fingerprint density at radius 1 is 1.50 bits per heavy atom. The van der Waals surface area contributed by atoms with Crippen LogP contribution >= 0.6 is 12.4 Å². The summed E-state index contributed by atoms with van der Waals surface area (Å²) in [5, 5.41) is 3.95. The Hall–Kier alpha value is -1.03. The molecule has 0 aromatic carbocycles. The summed E-state index contributed by atoms with van der Waals surface area (Å²) in [5.74, 6) is -0.466. The molecule has 5 heteroatoms. The molecular weight excluding hydrogens is 178 g/mol. The number of aromatic nitrogens is 2. The van der Waals surface area contributed by atoms with Crippen molar-refractivity contribution in [2.24, 2.45) is 12.8 Å². The molecule has 0 spiro atoms. The lowest BCUT2D eigenvalue weighted by Gasteiger charge is -1.90. The van der Waals surface area contributed by atoms with E-state index in [1.54, 1.807) is 11.7 Å². The fraction of sp³-hybridized carbons (Fsp3) is 0.429. The standard InChI is InChI=1S/C7H11N3O.ClH/c1-4-5(2)10(3)9-6(4)7(8)11;/h1-3H3,(H2,8,11);1H. The van der Waals surface area contributed by atoms with Gasteiger partial charge in [-0.1, -0.05) is 0 Å². The minimum absolute atomic E-state index is 0. The van der Waals surface area contributed by atoms with E-state index in [0.717, 1.165) is 11.3 Å². The first-order valence-corrected chi connectivity index (χ1v) is 3.34. The first-order chi connectivity index (χ1) is 5.04. The first kappa shape index (κ1) is 11.0. The van der Waals surface area contributed by atoms with Gasteiger partial charge in [-0.05, 0) is 13.8 Å². The molecule has 1 heterocycles. The van der Waals surface area contributed by atoms with Crippen molar-refractivity contribution in [2.45, 2.75) is 13.8 Å². The van der Waals surface area contributed by atoms with Crippen LogP contribution in [0.15, 0.2) is 0 Å². The highest BCUT2D eigenvalue weighted by molar-refractivity contribution is 5.92. The molecule has 1 aromatic rings. The smallest absolute Gasteiger partial charge is 0.269 e. The summed E-state index contributed by atoms with van der Waals surface area (Å²) >= 11 is 0. The zero-order valence-electron chi connectivity index (χ0n) is 7.29. The second-order valence-electron chi connectivity index (χ2n) is 2.55. The van der Waals surface area contributed by atoms with Crippen molar-refractivity contribution in [3.05, 3.63) is 17.0 Å². The van der Waals surface area contributed by atoms with Gasteiger partial charge in [0.25, 0.3) is 5.91 Å². The van der Waals surface area contributed by atoms with Gasteiger partial charge in [0.15, 0.2) is 5.69 Å². The number of nitrogens with zero attached hydrogens (tertiary/aromatic N) is 2. The van der Waals surface area contributed by atoms with E-state index in [0.29, 0.717) is 5.69 Å². The number of amides is 1. The minimum atomic E-state index is -0.466. The van der Waals surface area contributed by atoms with E-state index in [1.807, 2.05) is 13.8 Å². The van der Waals surface area contributed by atoms with E-state index < -0.39 is 5.91 Å². The summed E-state index contributed by atoms with van der Waals surface area (Å²) < 4.78 is 1.65. The third-order valence-electron chi connectivity index (χ3n) is 1.87. The molecule has 0 saturated heterocycles. The number of hydrogen-bond acceptors (Lipinski definition) is 2. The molecule has 0 aliphatic heterocycles. The number of aryl methyl sites for hydroxylation is 1. The van der Waals surface area contributed by atoms with Gasteiger partial charge in [0, 0.05) is 18.3 Å². The lowest BCUT2D eigenvalue weighted by molar-refractivity contribution is 0.0994. The number of hydrogen-bond donors (Lipinski definition) is 1. The molecule has 0 atom stereocenters. The van der Waals surface area contributed by atoms with Gasteiger partial charge >= 0.3 is 0 Å². The van der Waals surface area contributed by atoms with Crippen LogP contribution in [0.5, 0.6) is 0 Å². The zero-order chi connectivity index (χ0) is 8.59. The van der Waals surface area contributed by atoms with Gasteiger partial charge in [0.1, 0.15) is 0 Å². The van der Waals surface area contributed by atoms with E-state index in [2.05, 4.69) is 5.10 Å². The highest BCUT2D eigenvalue weighted by Crippen LogP contribution is 2.09. The first-order valence-electron chi connectivity index (χ1n) is 3.34. The maximum atomic E-state index is 10.7. The number of nitrogens with two attached hydrogens (primary N) is 1. The van der Waals surface area contributed by atoms with E-state index in [9.17, 15) is 4.79 Å². The van der Waals surface area contributed by atoms with Crippen LogP contribution in [-0.4, -0.2) is 15.7 Å². The van der Waals surface area contributed by atoms with Crippen molar-refractivity contribution in [2.75, 3.05) is 0 Å². The van der Waals surface area contributed by atoms with Crippen LogP contribution in [0, 0.1) is 13.8 Å². The van der Waals surface area contributed by atoms with Crippen molar-refractivity contribution >= 4 is 18.3 Å². The molecule has 1 aromatic heterocycles. The molecule has 0 bridgehead atoms. The predicted molar refractivity (Wildman–Crippen MR) is 48.4 cm³/mol. The summed E-state index contributed by atoms with van der Waals surface area (Å²) in [6, 6.07) is 0. The summed E-state index contributed by atoms with van der Waals surface area (Å²) in [6.45, 7) is 3.73. The summed E-state index contributed by atoms with van der Waals surface area (Å²) in [7, 11) is 1.79. The molecule has 0 unspecified atom stereocenters. The van der Waals surface area contributed by atoms with Gasteiger partial charge in [-0.2, -0.15) is 5.10 Å². The van der Waals surface area contributed by atoms with Crippen LogP contribution in [0.3, 0.4) is 0 Å². The number of halogens is 1. The Kier molecular flexibility index (Phi) is 3.27. The van der Waals surface area contributed by atoms with E-state index in [-0.39, 0.29) is 12.4 Å². The third kappa shape index (κ3) is 1.58. The van der Waals surface area contributed by atoms with Gasteiger partial charge in [-0.15, -0.1) is 12.4 Å². The molecule has 4 nitrogen and oxygen atoms in total. The third-order valence-corrected chi connectivity index (χ3v) is 1.87. The Morgan fingerprint density at radius 2 is 2.00 bits per heavy atom. The number of rotatable bonds is 1. The average molecular weight is 190 g/mol. The summed E-state index contributed by atoms with van der Waals surface area (Å²) in [4.78, 5) is 10.7. The van der Waals surface area contributed by atoms with Crippen LogP contribution in [0.2, 0.25) is 0 Å². The molecule has 1 amide bonds. The topological polar surface area (TPSA) is 60.9 Å². The van der Waals surface area contributed by atoms with Gasteiger partial charge in [-0.25, -0.2) is 0 Å². The normalized spacial score (nSPS) is 9.25. The van der Waals surface area contributed by atoms with Crippen LogP contribution in [-0.2, 0) is 7.05 Å². The van der Waals surface area contributed by atoms with E-state index in [4.69, 9.17) is 5.73 Å². The Labute approximate surface area is 77.2 Å². The monoisotopic (exact) mass is 189 g/mol. The van der Waals surface area contributed by atoms with Crippen LogP contribution in [0.1, 0.15) is 21.7 Å². The van der Waals surface area contributed by atoms with Crippen LogP contribution in [0.25, 0.3) is 0 Å². The molecule has 12 heavy (non-hydrogen) atoms. The van der Waals surface area contributed by atoms with Crippen molar-refractivity contribution in [1.82, 2.24) is 9.78 Å². The molecule has 0 aliphatic carbocycles. The van der Waals surface area contributed by atoms with E-state index >= 15 is 0 Å². The Morgan fingerprint density at radius 3 is 2.17 bits per heavy atom. The summed E-state index contributed by atoms with van der Waals surface area (Å²) in [6.07, 6.45) is 0. The molecule has 1 rings (SSSR count). The quantitative estimate of drug-likeness (QED) is 0.702. The van der Waals surface area contributed by atoms with Gasteiger partial charge in [0.05, 0.1) is 0 Å². The van der Waals surface area contributed by atoms with Crippen molar-refractivity contribution in [3.63, 3.8) is 0 Å². The van der Waals surface area contributed by atoms with E-state index in [1.165, 1.54) is 0 Å². The second-order valence-corrected chi connectivity index (χ2v) is 2.55. The fourth-order valence-electron chi connectivity index (χ4n) is 0.948. The second kappa shape index (κ2) is 3.58. The molecule has 2 N–H and O–H groups in total. The van der Waals surface area contributed by atoms with Gasteiger partial charge in [0.2, 0.25) is 0 Å². The largest absolute Gasteiger partial charge is 0.364 e. The average Bonchev–Trinajstić information content (AvgIpc) is 2.17. The molecule has 68 valence electrons.